The first-order valence-corrected chi connectivity index (χ1v) is 11.6. The Morgan fingerprint density at radius 3 is 2.15 bits per heavy atom. The highest BCUT2D eigenvalue weighted by atomic mass is 16.6. The predicted octanol–water partition coefficient (Wildman–Crippen LogP) is 3.86. The minimum atomic E-state index is -0.474. The molecule has 2 fully saturated rings. The highest BCUT2D eigenvalue weighted by Gasteiger charge is 2.37. The van der Waals surface area contributed by atoms with Crippen LogP contribution in [0.25, 0.3) is 0 Å². The van der Waals surface area contributed by atoms with Crippen molar-refractivity contribution in [2.24, 2.45) is 5.92 Å². The zero-order valence-electron chi connectivity index (χ0n) is 18.9. The topological polar surface area (TPSA) is 95.8 Å². The van der Waals surface area contributed by atoms with Gasteiger partial charge in [-0.05, 0) is 49.9 Å². The highest BCUT2D eigenvalue weighted by molar-refractivity contribution is 5.95. The van der Waals surface area contributed by atoms with Crippen LogP contribution in [-0.4, -0.2) is 58.8 Å². The van der Waals surface area contributed by atoms with E-state index >= 15 is 0 Å². The molecule has 1 heterocycles. The van der Waals surface area contributed by atoms with Gasteiger partial charge in [0.15, 0.2) is 0 Å². The van der Waals surface area contributed by atoms with E-state index in [4.69, 9.17) is 0 Å². The Kier molecular flexibility index (Phi) is 7.03. The number of nitro benzene ring substituents is 1. The molecule has 2 amide bonds. The van der Waals surface area contributed by atoms with Crippen molar-refractivity contribution in [3.8, 4) is 0 Å². The molecule has 8 heteroatoms. The molecule has 1 aliphatic heterocycles. The van der Waals surface area contributed by atoms with Crippen LogP contribution in [0.5, 0.6) is 0 Å². The Bertz CT molecular complexity index is 992. The molecule has 4 rings (SSSR count). The van der Waals surface area contributed by atoms with Gasteiger partial charge in [0.05, 0.1) is 11.0 Å². The van der Waals surface area contributed by atoms with Crippen LogP contribution in [0.3, 0.4) is 0 Å². The molecule has 1 aliphatic carbocycles. The lowest BCUT2D eigenvalue weighted by molar-refractivity contribution is -0.384. The summed E-state index contributed by atoms with van der Waals surface area (Å²) in [5.41, 5.74) is 2.36. The lowest BCUT2D eigenvalue weighted by Crippen LogP contribution is -2.56. The van der Waals surface area contributed by atoms with E-state index < -0.39 is 4.92 Å². The predicted molar refractivity (Wildman–Crippen MR) is 126 cm³/mol. The van der Waals surface area contributed by atoms with Crippen LogP contribution >= 0.6 is 0 Å². The first-order valence-electron chi connectivity index (χ1n) is 11.6. The maximum atomic E-state index is 13.3. The van der Waals surface area contributed by atoms with E-state index in [1.54, 1.807) is 4.90 Å². The van der Waals surface area contributed by atoms with Gasteiger partial charge >= 0.3 is 0 Å². The number of rotatable bonds is 6. The van der Waals surface area contributed by atoms with Crippen molar-refractivity contribution in [1.82, 2.24) is 9.80 Å². The molecule has 0 aromatic heterocycles. The molecule has 1 saturated heterocycles. The SMILES string of the molecule is Cc1ccc(NC(=O)C(C2CCCC2)N2CCN(C(=O)c3ccc([N+](=O)[O-])cc3)CC2)cc1. The van der Waals surface area contributed by atoms with Gasteiger partial charge in [0.25, 0.3) is 11.6 Å². The molecule has 2 aliphatic rings. The monoisotopic (exact) mass is 450 g/mol. The largest absolute Gasteiger partial charge is 0.336 e. The zero-order valence-corrected chi connectivity index (χ0v) is 18.9. The summed E-state index contributed by atoms with van der Waals surface area (Å²) >= 11 is 0. The van der Waals surface area contributed by atoms with Crippen molar-refractivity contribution in [2.75, 3.05) is 31.5 Å². The number of non-ortho nitro benzene ring substituents is 1. The normalized spacial score (nSPS) is 18.2. The molecule has 33 heavy (non-hydrogen) atoms. The summed E-state index contributed by atoms with van der Waals surface area (Å²) in [6, 6.07) is 13.4. The Hall–Kier alpha value is -3.26. The Balaban J connectivity index is 1.41. The summed E-state index contributed by atoms with van der Waals surface area (Å²) in [6.07, 6.45) is 4.40. The van der Waals surface area contributed by atoms with E-state index in [0.717, 1.165) is 36.9 Å². The highest BCUT2D eigenvalue weighted by Crippen LogP contribution is 2.32. The first kappa shape index (κ1) is 22.9. The fourth-order valence-electron chi connectivity index (χ4n) is 4.92. The number of piperazine rings is 1. The third-order valence-electron chi connectivity index (χ3n) is 6.75. The van der Waals surface area contributed by atoms with E-state index in [-0.39, 0.29) is 23.5 Å². The number of anilines is 1. The molecule has 8 nitrogen and oxygen atoms in total. The van der Waals surface area contributed by atoms with E-state index in [1.807, 2.05) is 31.2 Å². The number of hydrogen-bond acceptors (Lipinski definition) is 5. The zero-order chi connectivity index (χ0) is 23.4. The quantitative estimate of drug-likeness (QED) is 0.533. The van der Waals surface area contributed by atoms with Crippen molar-refractivity contribution in [3.63, 3.8) is 0 Å². The summed E-state index contributed by atoms with van der Waals surface area (Å²) in [5.74, 6) is 0.222. The van der Waals surface area contributed by atoms with Gasteiger partial charge in [-0.25, -0.2) is 0 Å². The van der Waals surface area contributed by atoms with Crippen molar-refractivity contribution in [1.29, 1.82) is 0 Å². The maximum Gasteiger partial charge on any atom is 0.269 e. The number of carbonyl (C=O) groups excluding carboxylic acids is 2. The fraction of sp³-hybridized carbons (Fsp3) is 0.440. The summed E-state index contributed by atoms with van der Waals surface area (Å²) in [7, 11) is 0. The van der Waals surface area contributed by atoms with Gasteiger partial charge in [0, 0.05) is 49.6 Å². The van der Waals surface area contributed by atoms with Crippen LogP contribution in [0, 0.1) is 23.0 Å². The number of nitrogens with zero attached hydrogens (tertiary/aromatic N) is 3. The van der Waals surface area contributed by atoms with Gasteiger partial charge in [0.1, 0.15) is 0 Å². The number of nitrogens with one attached hydrogen (secondary N) is 1. The average molecular weight is 451 g/mol. The summed E-state index contributed by atoms with van der Waals surface area (Å²) < 4.78 is 0. The minimum Gasteiger partial charge on any atom is -0.336 e. The second kappa shape index (κ2) is 10.1. The maximum absolute atomic E-state index is 13.3. The third kappa shape index (κ3) is 5.39. The lowest BCUT2D eigenvalue weighted by Gasteiger charge is -2.40. The third-order valence-corrected chi connectivity index (χ3v) is 6.75. The molecule has 0 spiro atoms. The summed E-state index contributed by atoms with van der Waals surface area (Å²) in [4.78, 5) is 40.6. The van der Waals surface area contributed by atoms with Gasteiger partial charge in [-0.15, -0.1) is 0 Å². The van der Waals surface area contributed by atoms with Gasteiger partial charge in [-0.2, -0.15) is 0 Å². The molecule has 1 atom stereocenters. The van der Waals surface area contributed by atoms with Gasteiger partial charge < -0.3 is 10.2 Å². The first-order chi connectivity index (χ1) is 15.9. The molecule has 0 bridgehead atoms. The number of hydrogen-bond donors (Lipinski definition) is 1. The smallest absolute Gasteiger partial charge is 0.269 e. The van der Waals surface area contributed by atoms with E-state index in [0.29, 0.717) is 37.7 Å². The summed E-state index contributed by atoms with van der Waals surface area (Å²) in [5, 5.41) is 14.0. The van der Waals surface area contributed by atoms with Crippen molar-refractivity contribution >= 4 is 23.2 Å². The lowest BCUT2D eigenvalue weighted by atomic mass is 9.94. The van der Waals surface area contributed by atoms with Crippen LogP contribution < -0.4 is 5.32 Å². The molecule has 1 unspecified atom stereocenters. The average Bonchev–Trinajstić information content (AvgIpc) is 3.35. The van der Waals surface area contributed by atoms with Crippen LogP contribution in [0.1, 0.15) is 41.6 Å². The van der Waals surface area contributed by atoms with Gasteiger partial charge in [-0.3, -0.25) is 24.6 Å². The second-order valence-electron chi connectivity index (χ2n) is 8.98. The molecule has 1 saturated carbocycles. The molecular weight excluding hydrogens is 420 g/mol. The van der Waals surface area contributed by atoms with Crippen molar-refractivity contribution in [2.45, 2.75) is 38.6 Å². The molecule has 1 N–H and O–H groups in total. The molecule has 174 valence electrons. The van der Waals surface area contributed by atoms with Crippen LogP contribution in [0.4, 0.5) is 11.4 Å². The van der Waals surface area contributed by atoms with Crippen molar-refractivity contribution in [3.05, 3.63) is 69.8 Å². The summed E-state index contributed by atoms with van der Waals surface area (Å²) in [6.45, 7) is 4.32. The van der Waals surface area contributed by atoms with E-state index in [2.05, 4.69) is 10.2 Å². The van der Waals surface area contributed by atoms with Crippen molar-refractivity contribution < 1.29 is 14.5 Å². The van der Waals surface area contributed by atoms with E-state index in [1.165, 1.54) is 24.3 Å². The Labute approximate surface area is 193 Å². The fourth-order valence-corrected chi connectivity index (χ4v) is 4.92. The number of benzene rings is 2. The van der Waals surface area contributed by atoms with E-state index in [9.17, 15) is 19.7 Å². The number of nitro groups is 1. The Morgan fingerprint density at radius 1 is 0.970 bits per heavy atom. The number of amides is 2. The number of carbonyl (C=O) groups is 2. The standard InChI is InChI=1S/C25H30N4O4/c1-18-6-10-21(11-7-18)26-24(30)23(19-4-2-3-5-19)27-14-16-28(17-15-27)25(31)20-8-12-22(13-9-20)29(32)33/h6-13,19,23H,2-5,14-17H2,1H3,(H,26,30). The van der Waals surface area contributed by atoms with Crippen LogP contribution in [0.2, 0.25) is 0 Å². The molecule has 2 aromatic carbocycles. The molecule has 0 radical (unpaired) electrons. The molecule has 2 aromatic rings. The minimum absolute atomic E-state index is 0.0286. The van der Waals surface area contributed by atoms with Crippen LogP contribution in [0.15, 0.2) is 48.5 Å². The van der Waals surface area contributed by atoms with Crippen LogP contribution in [-0.2, 0) is 4.79 Å². The second-order valence-corrected chi connectivity index (χ2v) is 8.98. The Morgan fingerprint density at radius 2 is 1.58 bits per heavy atom. The number of aryl methyl sites for hydroxylation is 1. The van der Waals surface area contributed by atoms with Gasteiger partial charge in [0.2, 0.25) is 5.91 Å². The van der Waals surface area contributed by atoms with Gasteiger partial charge in [-0.1, -0.05) is 30.5 Å². The molecular formula is C25H30N4O4.